The van der Waals surface area contributed by atoms with Crippen LogP contribution in [0.25, 0.3) is 0 Å². The molecule has 1 unspecified atom stereocenters. The summed E-state index contributed by atoms with van der Waals surface area (Å²) >= 11 is 0. The number of hydrogen-bond donors (Lipinski definition) is 1. The Bertz CT molecular complexity index is 361. The number of hydrogen-bond acceptors (Lipinski definition) is 1. The summed E-state index contributed by atoms with van der Waals surface area (Å²) < 4.78 is 0. The molecule has 0 aromatic carbocycles. The van der Waals surface area contributed by atoms with Crippen LogP contribution < -0.4 is 5.73 Å². The lowest BCUT2D eigenvalue weighted by atomic mass is 9.93. The second-order valence-electron chi connectivity index (χ2n) is 3.99. The van der Waals surface area contributed by atoms with E-state index in [9.17, 15) is 0 Å². The van der Waals surface area contributed by atoms with Crippen LogP contribution in [0.5, 0.6) is 0 Å². The molecule has 0 heterocycles. The minimum absolute atomic E-state index is 0.606. The van der Waals surface area contributed by atoms with E-state index < -0.39 is 0 Å². The summed E-state index contributed by atoms with van der Waals surface area (Å²) in [6.07, 6.45) is 17.2. The molecule has 1 heteroatoms. The van der Waals surface area contributed by atoms with Crippen LogP contribution in [0.2, 0.25) is 0 Å². The van der Waals surface area contributed by atoms with Crippen molar-refractivity contribution < 1.29 is 0 Å². The van der Waals surface area contributed by atoms with E-state index in [1.807, 2.05) is 12.2 Å². The molecule has 0 fully saturated rings. The highest BCUT2D eigenvalue weighted by Crippen LogP contribution is 2.20. The van der Waals surface area contributed by atoms with Crippen LogP contribution in [0.15, 0.2) is 72.5 Å². The van der Waals surface area contributed by atoms with Gasteiger partial charge in [-0.3, -0.25) is 0 Å². The summed E-state index contributed by atoms with van der Waals surface area (Å²) in [5, 5.41) is 0. The van der Waals surface area contributed by atoms with Crippen molar-refractivity contribution in [3.05, 3.63) is 72.5 Å². The van der Waals surface area contributed by atoms with Crippen LogP contribution in [0.3, 0.4) is 0 Å². The zero-order valence-electron chi connectivity index (χ0n) is 11.1. The molecule has 0 aromatic heterocycles. The molecule has 1 atom stereocenters. The molecule has 1 aliphatic rings. The van der Waals surface area contributed by atoms with Crippen molar-refractivity contribution in [3.63, 3.8) is 0 Å². The first-order chi connectivity index (χ1) is 8.13. The Morgan fingerprint density at radius 3 is 2.35 bits per heavy atom. The second-order valence-corrected chi connectivity index (χ2v) is 3.99. The molecule has 92 valence electrons. The van der Waals surface area contributed by atoms with Gasteiger partial charge in [0.15, 0.2) is 0 Å². The summed E-state index contributed by atoms with van der Waals surface area (Å²) in [4.78, 5) is 0. The van der Waals surface area contributed by atoms with E-state index in [2.05, 4.69) is 51.7 Å². The first-order valence-electron chi connectivity index (χ1n) is 5.81. The van der Waals surface area contributed by atoms with E-state index >= 15 is 0 Å². The molecule has 2 N–H and O–H groups in total. The first-order valence-corrected chi connectivity index (χ1v) is 5.81. The van der Waals surface area contributed by atoms with E-state index in [-0.39, 0.29) is 0 Å². The summed E-state index contributed by atoms with van der Waals surface area (Å²) in [7, 11) is 0. The molecule has 0 radical (unpaired) electrons. The van der Waals surface area contributed by atoms with Gasteiger partial charge in [0, 0.05) is 0 Å². The van der Waals surface area contributed by atoms with E-state index in [0.29, 0.717) is 5.92 Å². The van der Waals surface area contributed by atoms with Gasteiger partial charge in [-0.05, 0) is 37.6 Å². The lowest BCUT2D eigenvalue weighted by molar-refractivity contribution is 0.866. The fourth-order valence-corrected chi connectivity index (χ4v) is 1.47. The minimum atomic E-state index is 0.606. The van der Waals surface area contributed by atoms with Gasteiger partial charge in [-0.25, -0.2) is 0 Å². The zero-order valence-corrected chi connectivity index (χ0v) is 11.1. The Labute approximate surface area is 105 Å². The second kappa shape index (κ2) is 9.46. The van der Waals surface area contributed by atoms with Crippen LogP contribution in [-0.2, 0) is 0 Å². The lowest BCUT2D eigenvalue weighted by Crippen LogP contribution is -1.97. The summed E-state index contributed by atoms with van der Waals surface area (Å²) in [6, 6.07) is 0. The van der Waals surface area contributed by atoms with Gasteiger partial charge in [0.2, 0.25) is 0 Å². The van der Waals surface area contributed by atoms with Gasteiger partial charge in [-0.2, -0.15) is 0 Å². The standard InChI is InChI=1S/C10H14.C6H9N/c1-8(2)10-7-5-4-6-9(10)3;1-2-3-4-5-6-7/h4-7,9H,1-3H3;2-6H,1,7H2/b;4-3-,6-5+. The molecule has 0 amide bonds. The molecule has 17 heavy (non-hydrogen) atoms. The summed E-state index contributed by atoms with van der Waals surface area (Å²) in [5.74, 6) is 0.606. The number of allylic oxidation sites excluding steroid dienone is 10. The lowest BCUT2D eigenvalue weighted by Gasteiger charge is -2.12. The van der Waals surface area contributed by atoms with E-state index in [1.54, 1.807) is 12.2 Å². The average Bonchev–Trinajstić information content (AvgIpc) is 2.31. The zero-order chi connectivity index (χ0) is 13.1. The van der Waals surface area contributed by atoms with Crippen molar-refractivity contribution in [1.82, 2.24) is 0 Å². The normalized spacial score (nSPS) is 18.3. The fraction of sp³-hybridized carbons (Fsp3) is 0.250. The van der Waals surface area contributed by atoms with Crippen molar-refractivity contribution in [3.8, 4) is 0 Å². The third-order valence-corrected chi connectivity index (χ3v) is 2.32. The van der Waals surface area contributed by atoms with Crippen LogP contribution in [0.1, 0.15) is 20.8 Å². The maximum atomic E-state index is 5.00. The van der Waals surface area contributed by atoms with Crippen LogP contribution in [0.4, 0.5) is 0 Å². The van der Waals surface area contributed by atoms with Gasteiger partial charge in [0.1, 0.15) is 0 Å². The van der Waals surface area contributed by atoms with E-state index in [0.717, 1.165) is 0 Å². The van der Waals surface area contributed by atoms with Gasteiger partial charge < -0.3 is 5.73 Å². The number of rotatable bonds is 2. The van der Waals surface area contributed by atoms with Crippen LogP contribution >= 0.6 is 0 Å². The Balaban J connectivity index is 0.000000325. The molecule has 0 spiro atoms. The first kappa shape index (κ1) is 15.2. The molecular weight excluding hydrogens is 206 g/mol. The maximum absolute atomic E-state index is 5.00. The topological polar surface area (TPSA) is 26.0 Å². The van der Waals surface area contributed by atoms with Gasteiger partial charge in [0.25, 0.3) is 0 Å². The predicted octanol–water partition coefficient (Wildman–Crippen LogP) is 4.29. The fourth-order valence-electron chi connectivity index (χ4n) is 1.47. The largest absolute Gasteiger partial charge is 0.405 e. The monoisotopic (exact) mass is 229 g/mol. The van der Waals surface area contributed by atoms with Crippen molar-refractivity contribution in [1.29, 1.82) is 0 Å². The quantitative estimate of drug-likeness (QED) is 0.702. The molecule has 0 aromatic rings. The van der Waals surface area contributed by atoms with Crippen molar-refractivity contribution in [2.24, 2.45) is 11.7 Å². The molecule has 0 aliphatic heterocycles. The van der Waals surface area contributed by atoms with Crippen molar-refractivity contribution in [2.75, 3.05) is 0 Å². The van der Waals surface area contributed by atoms with Gasteiger partial charge in [-0.15, -0.1) is 0 Å². The highest BCUT2D eigenvalue weighted by Gasteiger charge is 2.04. The Hall–Kier alpha value is -1.76. The van der Waals surface area contributed by atoms with E-state index in [1.165, 1.54) is 17.3 Å². The van der Waals surface area contributed by atoms with Gasteiger partial charge >= 0.3 is 0 Å². The molecule has 0 saturated heterocycles. The molecule has 0 bridgehead atoms. The summed E-state index contributed by atoms with van der Waals surface area (Å²) in [6.45, 7) is 10.0. The van der Waals surface area contributed by atoms with Crippen molar-refractivity contribution in [2.45, 2.75) is 20.8 Å². The van der Waals surface area contributed by atoms with Gasteiger partial charge in [0.05, 0.1) is 0 Å². The predicted molar refractivity (Wildman–Crippen MR) is 78.5 cm³/mol. The third kappa shape index (κ3) is 7.18. The maximum Gasteiger partial charge on any atom is -0.000798 e. The average molecular weight is 229 g/mol. The molecular formula is C16H23N. The van der Waals surface area contributed by atoms with E-state index in [4.69, 9.17) is 5.73 Å². The van der Waals surface area contributed by atoms with Gasteiger partial charge in [-0.1, -0.05) is 61.6 Å². The Kier molecular flexibility index (Phi) is 8.48. The minimum Gasteiger partial charge on any atom is -0.405 e. The third-order valence-electron chi connectivity index (χ3n) is 2.32. The highest BCUT2D eigenvalue weighted by molar-refractivity contribution is 5.34. The van der Waals surface area contributed by atoms with Crippen LogP contribution in [-0.4, -0.2) is 0 Å². The SMILES string of the molecule is C=C/C=C\C=C\N.CC(C)=C1C=CC=CC1C. The van der Waals surface area contributed by atoms with Crippen LogP contribution in [0, 0.1) is 5.92 Å². The summed E-state index contributed by atoms with van der Waals surface area (Å²) in [5.41, 5.74) is 7.89. The highest BCUT2D eigenvalue weighted by atomic mass is 14.5. The Morgan fingerprint density at radius 1 is 1.24 bits per heavy atom. The molecule has 0 saturated carbocycles. The smallest absolute Gasteiger partial charge is 0.000798 e. The van der Waals surface area contributed by atoms with Crippen molar-refractivity contribution >= 4 is 0 Å². The molecule has 1 aliphatic carbocycles. The molecule has 1 rings (SSSR count). The Morgan fingerprint density at radius 2 is 1.94 bits per heavy atom. The molecule has 1 nitrogen and oxygen atoms in total. The number of nitrogens with two attached hydrogens (primary N) is 1.